The zero-order valence-electron chi connectivity index (χ0n) is 11.0. The predicted octanol–water partition coefficient (Wildman–Crippen LogP) is 2.44. The van der Waals surface area contributed by atoms with E-state index in [0.29, 0.717) is 6.54 Å². The largest absolute Gasteiger partial charge is 0.373 e. The van der Waals surface area contributed by atoms with Crippen molar-refractivity contribution in [2.75, 3.05) is 38.1 Å². The van der Waals surface area contributed by atoms with Gasteiger partial charge in [0.05, 0.1) is 0 Å². The highest BCUT2D eigenvalue weighted by atomic mass is 79.9. The third-order valence-corrected chi connectivity index (χ3v) is 4.40. The molecule has 1 saturated heterocycles. The van der Waals surface area contributed by atoms with Crippen LogP contribution >= 0.6 is 15.9 Å². The van der Waals surface area contributed by atoms with E-state index in [1.807, 2.05) is 0 Å². The molecular formula is C14H22BrN3. The third-order valence-electron chi connectivity index (χ3n) is 3.66. The molecule has 3 nitrogen and oxygen atoms in total. The summed E-state index contributed by atoms with van der Waals surface area (Å²) >= 11 is 3.58. The van der Waals surface area contributed by atoms with Crippen LogP contribution in [0.2, 0.25) is 0 Å². The van der Waals surface area contributed by atoms with E-state index in [1.54, 1.807) is 0 Å². The standard InChI is InChI=1S/C14H22BrN3/c1-17(9-10-18-7-2-3-8-18)14-6-4-5-13(15)12(14)11-16/h4-6H,2-3,7-11,16H2,1H3. The maximum Gasteiger partial charge on any atom is 0.0421 e. The zero-order valence-corrected chi connectivity index (χ0v) is 12.6. The molecule has 0 saturated carbocycles. The fourth-order valence-electron chi connectivity index (χ4n) is 2.53. The van der Waals surface area contributed by atoms with Gasteiger partial charge in [-0.1, -0.05) is 22.0 Å². The van der Waals surface area contributed by atoms with E-state index in [2.05, 4.69) is 51.0 Å². The molecule has 0 bridgehead atoms. The van der Waals surface area contributed by atoms with Gasteiger partial charge in [-0.05, 0) is 38.1 Å². The second-order valence-corrected chi connectivity index (χ2v) is 5.77. The van der Waals surface area contributed by atoms with Crippen molar-refractivity contribution < 1.29 is 0 Å². The van der Waals surface area contributed by atoms with E-state index in [4.69, 9.17) is 5.73 Å². The van der Waals surface area contributed by atoms with Gasteiger partial charge in [0.1, 0.15) is 0 Å². The van der Waals surface area contributed by atoms with E-state index in [0.717, 1.165) is 17.6 Å². The van der Waals surface area contributed by atoms with E-state index in [-0.39, 0.29) is 0 Å². The number of rotatable bonds is 5. The Labute approximate surface area is 118 Å². The number of nitrogens with zero attached hydrogens (tertiary/aromatic N) is 2. The van der Waals surface area contributed by atoms with Crippen LogP contribution in [0, 0.1) is 0 Å². The lowest BCUT2D eigenvalue weighted by Crippen LogP contribution is -2.32. The Morgan fingerprint density at radius 2 is 2.06 bits per heavy atom. The van der Waals surface area contributed by atoms with Crippen LogP contribution in [0.4, 0.5) is 5.69 Å². The molecule has 1 aliphatic heterocycles. The molecule has 2 N–H and O–H groups in total. The number of nitrogens with two attached hydrogens (primary N) is 1. The molecule has 18 heavy (non-hydrogen) atoms. The van der Waals surface area contributed by atoms with E-state index < -0.39 is 0 Å². The van der Waals surface area contributed by atoms with Gasteiger partial charge in [-0.2, -0.15) is 0 Å². The first-order chi connectivity index (χ1) is 8.72. The lowest BCUT2D eigenvalue weighted by atomic mass is 10.1. The summed E-state index contributed by atoms with van der Waals surface area (Å²) < 4.78 is 1.11. The maximum atomic E-state index is 5.84. The molecular weight excluding hydrogens is 290 g/mol. The lowest BCUT2D eigenvalue weighted by Gasteiger charge is -2.25. The quantitative estimate of drug-likeness (QED) is 0.906. The lowest BCUT2D eigenvalue weighted by molar-refractivity contribution is 0.346. The minimum Gasteiger partial charge on any atom is -0.373 e. The van der Waals surface area contributed by atoms with Gasteiger partial charge >= 0.3 is 0 Å². The first-order valence-corrected chi connectivity index (χ1v) is 7.42. The van der Waals surface area contributed by atoms with Crippen molar-refractivity contribution in [2.45, 2.75) is 19.4 Å². The summed E-state index contributed by atoms with van der Waals surface area (Å²) in [4.78, 5) is 4.85. The first kappa shape index (κ1) is 13.8. The second kappa shape index (κ2) is 6.55. The molecule has 0 aromatic heterocycles. The van der Waals surface area contributed by atoms with Crippen LogP contribution in [0.15, 0.2) is 22.7 Å². The maximum absolute atomic E-state index is 5.84. The number of likely N-dealkylation sites (N-methyl/N-ethyl adjacent to an activating group) is 1. The minimum atomic E-state index is 0.574. The summed E-state index contributed by atoms with van der Waals surface area (Å²) in [7, 11) is 2.15. The molecule has 100 valence electrons. The van der Waals surface area contributed by atoms with Crippen LogP contribution in [0.25, 0.3) is 0 Å². The Balaban J connectivity index is 1.99. The van der Waals surface area contributed by atoms with Crippen molar-refractivity contribution in [1.29, 1.82) is 0 Å². The monoisotopic (exact) mass is 311 g/mol. The normalized spacial score (nSPS) is 16.2. The molecule has 0 unspecified atom stereocenters. The SMILES string of the molecule is CN(CCN1CCCC1)c1cccc(Br)c1CN. The molecule has 0 atom stereocenters. The van der Waals surface area contributed by atoms with Gasteiger partial charge in [-0.25, -0.2) is 0 Å². The van der Waals surface area contributed by atoms with Crippen LogP contribution in [0.3, 0.4) is 0 Å². The van der Waals surface area contributed by atoms with Crippen LogP contribution in [-0.2, 0) is 6.54 Å². The summed E-state index contributed by atoms with van der Waals surface area (Å²) in [6.45, 7) is 5.30. The number of benzene rings is 1. The molecule has 1 heterocycles. The van der Waals surface area contributed by atoms with Gasteiger partial charge in [-0.3, -0.25) is 0 Å². The average molecular weight is 312 g/mol. The fourth-order valence-corrected chi connectivity index (χ4v) is 3.04. The van der Waals surface area contributed by atoms with E-state index in [1.165, 1.54) is 37.2 Å². The number of likely N-dealkylation sites (tertiary alicyclic amines) is 1. The van der Waals surface area contributed by atoms with Gasteiger partial charge in [0.25, 0.3) is 0 Å². The van der Waals surface area contributed by atoms with Crippen molar-refractivity contribution in [3.05, 3.63) is 28.2 Å². The van der Waals surface area contributed by atoms with E-state index in [9.17, 15) is 0 Å². The molecule has 1 aliphatic rings. The van der Waals surface area contributed by atoms with Crippen molar-refractivity contribution in [1.82, 2.24) is 4.90 Å². The zero-order chi connectivity index (χ0) is 13.0. The van der Waals surface area contributed by atoms with E-state index >= 15 is 0 Å². The molecule has 0 amide bonds. The second-order valence-electron chi connectivity index (χ2n) is 4.91. The number of halogens is 1. The molecule has 2 rings (SSSR count). The van der Waals surface area contributed by atoms with Crippen molar-refractivity contribution >= 4 is 21.6 Å². The highest BCUT2D eigenvalue weighted by molar-refractivity contribution is 9.10. The number of hydrogen-bond donors (Lipinski definition) is 1. The highest BCUT2D eigenvalue weighted by Crippen LogP contribution is 2.26. The van der Waals surface area contributed by atoms with Crippen LogP contribution in [0.1, 0.15) is 18.4 Å². The number of hydrogen-bond acceptors (Lipinski definition) is 3. The summed E-state index contributed by atoms with van der Waals surface area (Å²) in [5.74, 6) is 0. The molecule has 0 spiro atoms. The summed E-state index contributed by atoms with van der Waals surface area (Å²) in [5, 5.41) is 0. The Morgan fingerprint density at radius 1 is 1.33 bits per heavy atom. The first-order valence-electron chi connectivity index (χ1n) is 6.63. The smallest absolute Gasteiger partial charge is 0.0421 e. The van der Waals surface area contributed by atoms with Crippen molar-refractivity contribution in [2.24, 2.45) is 5.73 Å². The van der Waals surface area contributed by atoms with Crippen LogP contribution < -0.4 is 10.6 Å². The fraction of sp³-hybridized carbons (Fsp3) is 0.571. The topological polar surface area (TPSA) is 32.5 Å². The molecule has 0 radical (unpaired) electrons. The van der Waals surface area contributed by atoms with Gasteiger partial charge in [0.15, 0.2) is 0 Å². The Hall–Kier alpha value is -0.580. The van der Waals surface area contributed by atoms with Gasteiger partial charge in [0, 0.05) is 42.4 Å². The summed E-state index contributed by atoms with van der Waals surface area (Å²) in [6.07, 6.45) is 2.71. The molecule has 4 heteroatoms. The van der Waals surface area contributed by atoms with Gasteiger partial charge in [0.2, 0.25) is 0 Å². The number of anilines is 1. The van der Waals surface area contributed by atoms with Crippen LogP contribution in [0.5, 0.6) is 0 Å². The predicted molar refractivity (Wildman–Crippen MR) is 81.0 cm³/mol. The van der Waals surface area contributed by atoms with Gasteiger partial charge in [-0.15, -0.1) is 0 Å². The molecule has 0 aliphatic carbocycles. The molecule has 1 aromatic rings. The highest BCUT2D eigenvalue weighted by Gasteiger charge is 2.13. The summed E-state index contributed by atoms with van der Waals surface area (Å²) in [6, 6.07) is 6.28. The Kier molecular flexibility index (Phi) is 5.03. The summed E-state index contributed by atoms with van der Waals surface area (Å²) in [5.41, 5.74) is 8.28. The van der Waals surface area contributed by atoms with Crippen molar-refractivity contribution in [3.63, 3.8) is 0 Å². The third kappa shape index (κ3) is 3.25. The van der Waals surface area contributed by atoms with Gasteiger partial charge < -0.3 is 15.5 Å². The minimum absolute atomic E-state index is 0.574. The van der Waals surface area contributed by atoms with Crippen molar-refractivity contribution in [3.8, 4) is 0 Å². The molecule has 1 aromatic carbocycles. The average Bonchev–Trinajstić information content (AvgIpc) is 2.88. The Morgan fingerprint density at radius 3 is 2.72 bits per heavy atom. The molecule has 1 fully saturated rings. The van der Waals surface area contributed by atoms with Crippen LogP contribution in [-0.4, -0.2) is 38.1 Å². The Bertz CT molecular complexity index is 389.